The zero-order valence-corrected chi connectivity index (χ0v) is 8.88. The van der Waals surface area contributed by atoms with Gasteiger partial charge >= 0.3 is 0 Å². The fourth-order valence-electron chi connectivity index (χ4n) is 2.22. The molecular weight excluding hydrogens is 180 g/mol. The molecule has 1 unspecified atom stereocenters. The van der Waals surface area contributed by atoms with Crippen molar-refractivity contribution in [3.8, 4) is 0 Å². The predicted octanol–water partition coefficient (Wildman–Crippen LogP) is 2.31. The minimum Gasteiger partial charge on any atom is -0.360 e. The molecule has 3 heteroatoms. The van der Waals surface area contributed by atoms with Gasteiger partial charge in [0.1, 0.15) is 5.60 Å². The first-order valence-corrected chi connectivity index (χ1v) is 5.41. The van der Waals surface area contributed by atoms with Crippen molar-refractivity contribution in [2.75, 3.05) is 0 Å². The maximum absolute atomic E-state index is 10.2. The van der Waals surface area contributed by atoms with Gasteiger partial charge in [-0.1, -0.05) is 13.0 Å². The van der Waals surface area contributed by atoms with Crippen molar-refractivity contribution >= 4 is 0 Å². The highest BCUT2D eigenvalue weighted by Gasteiger charge is 2.52. The van der Waals surface area contributed by atoms with E-state index in [0.717, 1.165) is 31.3 Å². The van der Waals surface area contributed by atoms with Gasteiger partial charge in [-0.2, -0.15) is 4.89 Å². The van der Waals surface area contributed by atoms with E-state index in [4.69, 9.17) is 9.78 Å². The summed E-state index contributed by atoms with van der Waals surface area (Å²) in [5.41, 5.74) is 0.490. The van der Waals surface area contributed by atoms with Crippen molar-refractivity contribution in [2.45, 2.75) is 57.3 Å². The smallest absolute Gasteiger partial charge is 0.224 e. The van der Waals surface area contributed by atoms with Crippen LogP contribution in [-0.2, 0) is 9.78 Å². The van der Waals surface area contributed by atoms with Gasteiger partial charge < -0.3 is 5.11 Å². The summed E-state index contributed by atoms with van der Waals surface area (Å²) in [4.78, 5) is 10.4. The van der Waals surface area contributed by atoms with Crippen molar-refractivity contribution in [1.82, 2.24) is 0 Å². The van der Waals surface area contributed by atoms with E-state index in [1.165, 1.54) is 0 Å². The first-order chi connectivity index (χ1) is 6.61. The van der Waals surface area contributed by atoms with E-state index in [2.05, 4.69) is 6.08 Å². The molecular formula is C11H18O3. The molecule has 0 aromatic carbocycles. The molecule has 0 amide bonds. The van der Waals surface area contributed by atoms with Crippen molar-refractivity contribution in [3.63, 3.8) is 0 Å². The molecule has 1 N–H and O–H groups in total. The second-order valence-corrected chi connectivity index (χ2v) is 4.40. The first-order valence-electron chi connectivity index (χ1n) is 5.41. The third-order valence-corrected chi connectivity index (χ3v) is 3.35. The zero-order valence-electron chi connectivity index (χ0n) is 8.88. The van der Waals surface area contributed by atoms with E-state index < -0.39 is 11.4 Å². The first kappa shape index (κ1) is 10.1. The average Bonchev–Trinajstić information content (AvgIpc) is 2.36. The minimum atomic E-state index is -1.15. The summed E-state index contributed by atoms with van der Waals surface area (Å²) >= 11 is 0. The third kappa shape index (κ3) is 1.40. The van der Waals surface area contributed by atoms with E-state index in [1.807, 2.05) is 13.8 Å². The van der Waals surface area contributed by atoms with Crippen LogP contribution in [0.15, 0.2) is 11.6 Å². The average molecular weight is 198 g/mol. The van der Waals surface area contributed by atoms with E-state index in [0.29, 0.717) is 6.42 Å². The molecule has 14 heavy (non-hydrogen) atoms. The van der Waals surface area contributed by atoms with Crippen LogP contribution in [0.5, 0.6) is 0 Å². The summed E-state index contributed by atoms with van der Waals surface area (Å²) in [6.07, 6.45) is 6.67. The maximum atomic E-state index is 10.2. The van der Waals surface area contributed by atoms with E-state index in [9.17, 15) is 5.11 Å². The van der Waals surface area contributed by atoms with E-state index in [1.54, 1.807) is 0 Å². The lowest BCUT2D eigenvalue weighted by molar-refractivity contribution is -0.392. The molecule has 3 nitrogen and oxygen atoms in total. The summed E-state index contributed by atoms with van der Waals surface area (Å²) < 4.78 is 0. The third-order valence-electron chi connectivity index (χ3n) is 3.35. The minimum absolute atomic E-state index is 0.431. The fourth-order valence-corrected chi connectivity index (χ4v) is 2.22. The molecule has 0 radical (unpaired) electrons. The van der Waals surface area contributed by atoms with Crippen LogP contribution in [0.4, 0.5) is 0 Å². The molecule has 1 fully saturated rings. The normalized spacial score (nSPS) is 42.9. The van der Waals surface area contributed by atoms with Gasteiger partial charge in [-0.15, -0.1) is 0 Å². The number of hydrogen-bond acceptors (Lipinski definition) is 3. The quantitative estimate of drug-likeness (QED) is 0.519. The molecule has 1 aliphatic carbocycles. The summed E-state index contributed by atoms with van der Waals surface area (Å²) in [5.74, 6) is -1.15. The van der Waals surface area contributed by atoms with E-state index >= 15 is 0 Å². The highest BCUT2D eigenvalue weighted by Crippen LogP contribution is 2.45. The van der Waals surface area contributed by atoms with Crippen LogP contribution in [0.25, 0.3) is 0 Å². The number of rotatable bonds is 1. The number of aliphatic hydroxyl groups is 1. The number of fused-ring (bicyclic) bond motifs is 1. The van der Waals surface area contributed by atoms with Crippen molar-refractivity contribution in [1.29, 1.82) is 0 Å². The number of hydrogen-bond donors (Lipinski definition) is 1. The number of allylic oxidation sites excluding steroid dienone is 1. The van der Waals surface area contributed by atoms with Gasteiger partial charge in [0.15, 0.2) is 0 Å². The molecule has 2 atom stereocenters. The largest absolute Gasteiger partial charge is 0.360 e. The van der Waals surface area contributed by atoms with Crippen LogP contribution in [0.2, 0.25) is 0 Å². The molecule has 1 aliphatic heterocycles. The Kier molecular flexibility index (Phi) is 2.41. The Labute approximate surface area is 84.6 Å². The van der Waals surface area contributed by atoms with Crippen molar-refractivity contribution in [2.24, 2.45) is 0 Å². The van der Waals surface area contributed by atoms with Crippen LogP contribution < -0.4 is 0 Å². The lowest BCUT2D eigenvalue weighted by atomic mass is 9.86. The van der Waals surface area contributed by atoms with Gasteiger partial charge in [0, 0.05) is 12.0 Å². The fraction of sp³-hybridized carbons (Fsp3) is 0.818. The van der Waals surface area contributed by atoms with Gasteiger partial charge in [-0.05, 0) is 32.6 Å². The lowest BCUT2D eigenvalue weighted by Gasteiger charge is -2.23. The maximum Gasteiger partial charge on any atom is 0.224 e. The second-order valence-electron chi connectivity index (χ2n) is 4.40. The molecule has 80 valence electrons. The summed E-state index contributed by atoms with van der Waals surface area (Å²) in [7, 11) is 0. The SMILES string of the molecule is CCC1(C)OO[C@@]2(O)CCCCC=C12. The Balaban J connectivity index is 2.34. The monoisotopic (exact) mass is 198 g/mol. The van der Waals surface area contributed by atoms with Crippen LogP contribution in [0.3, 0.4) is 0 Å². The molecule has 0 aromatic heterocycles. The second kappa shape index (κ2) is 3.33. The van der Waals surface area contributed by atoms with Crippen LogP contribution in [-0.4, -0.2) is 16.5 Å². The molecule has 1 saturated heterocycles. The zero-order chi connectivity index (χ0) is 10.2. The molecule has 1 heterocycles. The summed E-state index contributed by atoms with van der Waals surface area (Å²) in [5, 5.41) is 10.2. The van der Waals surface area contributed by atoms with Crippen molar-refractivity contribution < 1.29 is 14.9 Å². The molecule has 0 spiro atoms. The Morgan fingerprint density at radius 3 is 2.93 bits per heavy atom. The van der Waals surface area contributed by atoms with Crippen LogP contribution in [0.1, 0.15) is 46.0 Å². The Morgan fingerprint density at radius 2 is 2.21 bits per heavy atom. The summed E-state index contributed by atoms with van der Waals surface area (Å²) in [6.45, 7) is 4.02. The molecule has 2 rings (SSSR count). The van der Waals surface area contributed by atoms with Gasteiger partial charge in [-0.3, -0.25) is 0 Å². The molecule has 0 aromatic rings. The van der Waals surface area contributed by atoms with Gasteiger partial charge in [0.25, 0.3) is 0 Å². The Hall–Kier alpha value is -0.380. The standard InChI is InChI=1S/C11H18O3/c1-3-10(2)9-7-5-4-6-8-11(9,12)14-13-10/h7,12H,3-6,8H2,1-2H3/t10?,11-/m0/s1. The molecule has 2 aliphatic rings. The molecule has 0 bridgehead atoms. The lowest BCUT2D eigenvalue weighted by Crippen LogP contribution is -2.33. The van der Waals surface area contributed by atoms with Crippen molar-refractivity contribution in [3.05, 3.63) is 11.6 Å². The van der Waals surface area contributed by atoms with E-state index in [-0.39, 0.29) is 0 Å². The topological polar surface area (TPSA) is 38.7 Å². The van der Waals surface area contributed by atoms with Crippen LogP contribution in [0, 0.1) is 0 Å². The Bertz CT molecular complexity index is 261. The predicted molar refractivity (Wildman–Crippen MR) is 52.4 cm³/mol. The highest BCUT2D eigenvalue weighted by atomic mass is 17.2. The Morgan fingerprint density at radius 1 is 1.43 bits per heavy atom. The highest BCUT2D eigenvalue weighted by molar-refractivity contribution is 5.26. The molecule has 0 saturated carbocycles. The van der Waals surface area contributed by atoms with Gasteiger partial charge in [0.05, 0.1) is 0 Å². The van der Waals surface area contributed by atoms with Gasteiger partial charge in [0.2, 0.25) is 5.79 Å². The van der Waals surface area contributed by atoms with Crippen LogP contribution >= 0.6 is 0 Å². The van der Waals surface area contributed by atoms with Gasteiger partial charge in [-0.25, -0.2) is 4.89 Å². The summed E-state index contributed by atoms with van der Waals surface area (Å²) in [6, 6.07) is 0.